The van der Waals surface area contributed by atoms with Gasteiger partial charge in [0, 0.05) is 19.3 Å². The van der Waals surface area contributed by atoms with Crippen molar-refractivity contribution in [2.45, 2.75) is 264 Å². The van der Waals surface area contributed by atoms with Crippen molar-refractivity contribution in [2.75, 3.05) is 13.2 Å². The normalized spacial score (nSPS) is 13.4. The molecule has 0 saturated heterocycles. The smallest absolute Gasteiger partial charge is 0.306 e. The summed E-state index contributed by atoms with van der Waals surface area (Å²) in [4.78, 5) is 38.4. The van der Waals surface area contributed by atoms with Gasteiger partial charge in [-0.2, -0.15) is 0 Å². The second kappa shape index (κ2) is 68.0. The van der Waals surface area contributed by atoms with E-state index in [1.54, 1.807) is 0 Å². The van der Waals surface area contributed by atoms with Crippen LogP contribution >= 0.6 is 0 Å². The molecule has 1 unspecified atom stereocenters. The van der Waals surface area contributed by atoms with Crippen LogP contribution in [-0.2, 0) is 28.6 Å². The number of allylic oxidation sites excluding steroid dienone is 30. The average Bonchev–Trinajstić information content (AvgIpc) is 3.47. The van der Waals surface area contributed by atoms with E-state index in [0.29, 0.717) is 19.3 Å². The van der Waals surface area contributed by atoms with Crippen LogP contribution < -0.4 is 0 Å². The molecule has 458 valence electrons. The number of unbranched alkanes of at least 4 members (excludes halogenated alkanes) is 16. The molecule has 0 spiro atoms. The third kappa shape index (κ3) is 65.3. The topological polar surface area (TPSA) is 78.9 Å². The molecule has 0 aromatic carbocycles. The zero-order valence-electron chi connectivity index (χ0n) is 52.4. The number of carbonyl (C=O) groups excluding carboxylic acids is 3. The van der Waals surface area contributed by atoms with E-state index in [-0.39, 0.29) is 37.5 Å². The van der Waals surface area contributed by atoms with Gasteiger partial charge in [-0.1, -0.05) is 261 Å². The first-order chi connectivity index (χ1) is 40.5. The highest BCUT2D eigenvalue weighted by Gasteiger charge is 2.19. The molecule has 1 atom stereocenters. The molecule has 0 N–H and O–H groups in total. The molecule has 0 aromatic rings. The maximum absolute atomic E-state index is 12.9. The fourth-order valence-corrected chi connectivity index (χ4v) is 8.28. The summed E-state index contributed by atoms with van der Waals surface area (Å²) >= 11 is 0. The summed E-state index contributed by atoms with van der Waals surface area (Å²) < 4.78 is 16.9. The number of hydrogen-bond acceptors (Lipinski definition) is 6. The van der Waals surface area contributed by atoms with E-state index < -0.39 is 6.10 Å². The van der Waals surface area contributed by atoms with Crippen molar-refractivity contribution in [3.05, 3.63) is 182 Å². The number of ether oxygens (including phenoxy) is 3. The van der Waals surface area contributed by atoms with E-state index in [0.717, 1.165) is 180 Å². The van der Waals surface area contributed by atoms with E-state index in [2.05, 4.69) is 203 Å². The molecule has 0 fully saturated rings. The first-order valence-electron chi connectivity index (χ1n) is 32.8. The minimum atomic E-state index is -0.828. The Morgan fingerprint density at radius 3 is 0.768 bits per heavy atom. The predicted molar refractivity (Wildman–Crippen MR) is 357 cm³/mol. The third-order valence-electron chi connectivity index (χ3n) is 13.1. The van der Waals surface area contributed by atoms with Gasteiger partial charge in [0.1, 0.15) is 13.2 Å². The largest absolute Gasteiger partial charge is 0.462 e. The quantitative estimate of drug-likeness (QED) is 0.0261. The molecule has 82 heavy (non-hydrogen) atoms. The van der Waals surface area contributed by atoms with Crippen LogP contribution in [0.2, 0.25) is 0 Å². The molecule has 0 bridgehead atoms. The second-order valence-electron chi connectivity index (χ2n) is 20.9. The van der Waals surface area contributed by atoms with Gasteiger partial charge in [0.25, 0.3) is 0 Å². The summed E-state index contributed by atoms with van der Waals surface area (Å²) in [6, 6.07) is 0. The van der Waals surface area contributed by atoms with Crippen LogP contribution in [0.25, 0.3) is 0 Å². The Kier molecular flexibility index (Phi) is 63.5. The predicted octanol–water partition coefficient (Wildman–Crippen LogP) is 22.8. The molecule has 0 heterocycles. The SMILES string of the molecule is CC/C=C\C/C=C\C/C=C\C/C=C\C/C=C\C/C=C\C/C=C\CCCCCCCC(=O)OCC(COC(=O)CCCCCCC/C=C\C/C=C\CCCCCC)OC(=O)CCCC/C=C\C/C=C\C/C=C\C/C=C\C/C=C\C/C=C\CC. The molecule has 6 heteroatoms. The lowest BCUT2D eigenvalue weighted by atomic mass is 10.1. The summed E-state index contributed by atoms with van der Waals surface area (Å²) in [5.41, 5.74) is 0. The van der Waals surface area contributed by atoms with Gasteiger partial charge >= 0.3 is 17.9 Å². The Morgan fingerprint density at radius 1 is 0.256 bits per heavy atom. The molecule has 0 saturated carbocycles. The number of rotatable bonds is 57. The lowest BCUT2D eigenvalue weighted by Gasteiger charge is -2.18. The van der Waals surface area contributed by atoms with Crippen molar-refractivity contribution < 1.29 is 28.6 Å². The fraction of sp³-hybridized carbons (Fsp3) is 0.566. The molecule has 0 aliphatic rings. The average molecular weight is 1130 g/mol. The molecule has 0 rings (SSSR count). The minimum absolute atomic E-state index is 0.118. The van der Waals surface area contributed by atoms with Crippen molar-refractivity contribution in [1.29, 1.82) is 0 Å². The molecule has 0 amide bonds. The monoisotopic (exact) mass is 1130 g/mol. The van der Waals surface area contributed by atoms with Gasteiger partial charge in [-0.15, -0.1) is 0 Å². The first kappa shape index (κ1) is 76.5. The molecular weight excluding hydrogens is 1010 g/mol. The Morgan fingerprint density at radius 2 is 0.476 bits per heavy atom. The third-order valence-corrected chi connectivity index (χ3v) is 13.1. The van der Waals surface area contributed by atoms with Crippen molar-refractivity contribution in [3.63, 3.8) is 0 Å². The fourth-order valence-electron chi connectivity index (χ4n) is 8.28. The van der Waals surface area contributed by atoms with E-state index in [1.807, 2.05) is 0 Å². The van der Waals surface area contributed by atoms with Crippen molar-refractivity contribution >= 4 is 17.9 Å². The van der Waals surface area contributed by atoms with Crippen LogP contribution in [0.1, 0.15) is 258 Å². The van der Waals surface area contributed by atoms with Crippen molar-refractivity contribution in [2.24, 2.45) is 0 Å². The second-order valence-corrected chi connectivity index (χ2v) is 20.9. The summed E-state index contributed by atoms with van der Waals surface area (Å²) in [5.74, 6) is -1.00. The van der Waals surface area contributed by atoms with E-state index >= 15 is 0 Å². The lowest BCUT2D eigenvalue weighted by Crippen LogP contribution is -2.30. The summed E-state index contributed by atoms with van der Waals surface area (Å²) in [6.45, 7) is 6.32. The van der Waals surface area contributed by atoms with Crippen molar-refractivity contribution in [3.8, 4) is 0 Å². The number of carbonyl (C=O) groups is 3. The van der Waals surface area contributed by atoms with E-state index in [4.69, 9.17) is 14.2 Å². The Balaban J connectivity index is 4.54. The highest BCUT2D eigenvalue weighted by molar-refractivity contribution is 5.71. The molecule has 6 nitrogen and oxygen atoms in total. The van der Waals surface area contributed by atoms with Crippen LogP contribution in [0.3, 0.4) is 0 Å². The van der Waals surface area contributed by atoms with Gasteiger partial charge in [-0.25, -0.2) is 0 Å². The van der Waals surface area contributed by atoms with Crippen molar-refractivity contribution in [1.82, 2.24) is 0 Å². The standard InChI is InChI=1S/C76H118O6/c1-4-7-10-13-16-19-22-25-28-31-33-35-36-37-38-39-40-42-43-45-48-51-54-57-60-63-66-69-75(78)81-72-73(71-80-74(77)68-65-62-59-56-53-50-47-30-27-24-21-18-15-12-9-6-3)82-76(79)70-67-64-61-58-55-52-49-46-44-41-34-32-29-26-23-20-17-14-11-8-5-2/h7-8,10-11,16-17,19-21,24-26,28-30,33-35,37-38,40-42,45-49,55,58,73H,4-6,9,12-15,18,22-23,27,31-32,36,39,43-44,50-54,56-57,59-72H2,1-3H3/b10-7-,11-8-,19-16-,20-17-,24-21-,28-25-,29-26-,35-33-,38-37-,41-34-,42-40-,47-30-,48-45-,49-46-,58-55-. The van der Waals surface area contributed by atoms with Crippen LogP contribution in [0, 0.1) is 0 Å². The van der Waals surface area contributed by atoms with Gasteiger partial charge in [-0.05, 0) is 161 Å². The summed E-state index contributed by atoms with van der Waals surface area (Å²) in [6.07, 6.45) is 102. The Bertz CT molecular complexity index is 1920. The molecule has 0 radical (unpaired) electrons. The zero-order valence-corrected chi connectivity index (χ0v) is 52.4. The van der Waals surface area contributed by atoms with Crippen LogP contribution in [0.5, 0.6) is 0 Å². The zero-order chi connectivity index (χ0) is 59.2. The van der Waals surface area contributed by atoms with Crippen LogP contribution in [0.15, 0.2) is 182 Å². The van der Waals surface area contributed by atoms with Gasteiger partial charge in [0.05, 0.1) is 0 Å². The van der Waals surface area contributed by atoms with Crippen LogP contribution in [-0.4, -0.2) is 37.2 Å². The molecule has 0 aliphatic carbocycles. The Hall–Kier alpha value is -5.49. The van der Waals surface area contributed by atoms with Crippen LogP contribution in [0.4, 0.5) is 0 Å². The molecule has 0 aromatic heterocycles. The molecular formula is C76H118O6. The lowest BCUT2D eigenvalue weighted by molar-refractivity contribution is -0.167. The number of hydrogen-bond donors (Lipinski definition) is 0. The van der Waals surface area contributed by atoms with Gasteiger partial charge < -0.3 is 14.2 Å². The maximum atomic E-state index is 12.9. The minimum Gasteiger partial charge on any atom is -0.462 e. The maximum Gasteiger partial charge on any atom is 0.306 e. The van der Waals surface area contributed by atoms with Gasteiger partial charge in [0.15, 0.2) is 6.10 Å². The highest BCUT2D eigenvalue weighted by atomic mass is 16.6. The molecule has 0 aliphatic heterocycles. The van der Waals surface area contributed by atoms with E-state index in [1.165, 1.54) is 32.1 Å². The van der Waals surface area contributed by atoms with Gasteiger partial charge in [-0.3, -0.25) is 14.4 Å². The van der Waals surface area contributed by atoms with Gasteiger partial charge in [0.2, 0.25) is 0 Å². The Labute approximate surface area is 504 Å². The van der Waals surface area contributed by atoms with E-state index in [9.17, 15) is 14.4 Å². The first-order valence-corrected chi connectivity index (χ1v) is 32.8. The summed E-state index contributed by atoms with van der Waals surface area (Å²) in [7, 11) is 0. The highest BCUT2D eigenvalue weighted by Crippen LogP contribution is 2.13. The summed E-state index contributed by atoms with van der Waals surface area (Å²) in [5, 5.41) is 0. The number of esters is 3.